The molecule has 0 spiro atoms. The molecule has 3 aromatic rings. The Bertz CT molecular complexity index is 1470. The zero-order valence-electron chi connectivity index (χ0n) is 23.2. The van der Waals surface area contributed by atoms with Crippen LogP contribution in [0.15, 0.2) is 64.5 Å². The predicted molar refractivity (Wildman–Crippen MR) is 147 cm³/mol. The van der Waals surface area contributed by atoms with Crippen molar-refractivity contribution in [3.63, 3.8) is 0 Å². The highest BCUT2D eigenvalue weighted by Gasteiger charge is 2.37. The monoisotopic (exact) mass is 585 g/mol. The highest BCUT2D eigenvalue weighted by atomic mass is 19.4. The number of hydrogen-bond donors (Lipinski definition) is 2. The Morgan fingerprint density at radius 1 is 1.05 bits per heavy atom. The number of carbonyl (C=O) groups is 3. The number of likely N-dealkylation sites (tertiary alicyclic amines) is 1. The summed E-state index contributed by atoms with van der Waals surface area (Å²) in [6, 6.07) is 10.1. The van der Waals surface area contributed by atoms with Gasteiger partial charge < -0.3 is 19.8 Å². The Kier molecular flexibility index (Phi) is 8.69. The molecule has 3 amide bonds. The van der Waals surface area contributed by atoms with Gasteiger partial charge in [-0.2, -0.15) is 13.2 Å². The molecule has 222 valence electrons. The van der Waals surface area contributed by atoms with Crippen LogP contribution in [0.5, 0.6) is 0 Å². The Labute approximate surface area is 239 Å². The molecule has 0 saturated carbocycles. The second-order valence-electron chi connectivity index (χ2n) is 10.7. The maximum Gasteiger partial charge on any atom is 0.437 e. The van der Waals surface area contributed by atoms with E-state index in [-0.39, 0.29) is 30.1 Å². The fourth-order valence-electron chi connectivity index (χ4n) is 4.61. The van der Waals surface area contributed by atoms with Gasteiger partial charge in [-0.25, -0.2) is 9.78 Å². The second kappa shape index (κ2) is 12.0. The summed E-state index contributed by atoms with van der Waals surface area (Å²) in [6.45, 7) is 5.36. The summed E-state index contributed by atoms with van der Waals surface area (Å²) in [6.07, 6.45) is -2.30. The van der Waals surface area contributed by atoms with Gasteiger partial charge in [0.25, 0.3) is 11.8 Å². The normalized spacial score (nSPS) is 14.9. The van der Waals surface area contributed by atoms with Gasteiger partial charge in [-0.1, -0.05) is 18.2 Å². The van der Waals surface area contributed by atoms with Crippen LogP contribution in [0.2, 0.25) is 0 Å². The number of halogens is 3. The summed E-state index contributed by atoms with van der Waals surface area (Å²) in [7, 11) is 0. The Balaban J connectivity index is 1.43. The van der Waals surface area contributed by atoms with Crippen molar-refractivity contribution in [2.75, 3.05) is 13.1 Å². The topological polar surface area (TPSA) is 140 Å². The summed E-state index contributed by atoms with van der Waals surface area (Å²) < 4.78 is 52.5. The molecule has 0 unspecified atom stereocenters. The minimum absolute atomic E-state index is 0.0398. The fourth-order valence-corrected chi connectivity index (χ4v) is 4.61. The number of aliphatic imine (C=N–C) groups is 1. The summed E-state index contributed by atoms with van der Waals surface area (Å²) >= 11 is 0. The van der Waals surface area contributed by atoms with Gasteiger partial charge in [-0.3, -0.25) is 14.9 Å². The molecule has 0 atom stereocenters. The van der Waals surface area contributed by atoms with E-state index < -0.39 is 41.2 Å². The predicted octanol–water partition coefficient (Wildman–Crippen LogP) is 5.36. The first kappa shape index (κ1) is 30.3. The molecule has 1 aromatic heterocycles. The number of piperidine rings is 1. The molecule has 13 heteroatoms. The van der Waals surface area contributed by atoms with Gasteiger partial charge in [0.05, 0.1) is 11.8 Å². The van der Waals surface area contributed by atoms with E-state index in [4.69, 9.17) is 14.9 Å². The van der Waals surface area contributed by atoms with Crippen LogP contribution < -0.4 is 11.1 Å². The summed E-state index contributed by atoms with van der Waals surface area (Å²) in [5.41, 5.74) is 4.71. The van der Waals surface area contributed by atoms with E-state index in [9.17, 15) is 27.6 Å². The number of rotatable bonds is 4. The SMILES string of the molecule is CC(C)(C)OC(=O)/N=C(/N)NC(=O)c1ccc(C2CCN(C(=O)c3ccc(-c4cnco4)cc3)CC2)c(C(F)(F)F)c1. The number of benzene rings is 2. The molecule has 2 aromatic carbocycles. The first-order valence-corrected chi connectivity index (χ1v) is 13.1. The number of guanidine groups is 1. The number of amides is 3. The quantitative estimate of drug-likeness (QED) is 0.310. The molecule has 4 rings (SSSR count). The van der Waals surface area contributed by atoms with Crippen LogP contribution in [0.3, 0.4) is 0 Å². The molecule has 2 heterocycles. The molecule has 1 aliphatic heterocycles. The standard InChI is InChI=1S/C29H30F3N5O5/c1-28(2,3)42-27(40)36-26(33)35-24(38)20-8-9-21(22(14-20)29(30,31)32)17-10-12-37(13-11-17)25(39)19-6-4-18(5-7-19)23-15-34-16-41-23/h4-9,14-17H,10-13H2,1-3H3,(H3,33,35,36,38,40). The molecule has 0 bridgehead atoms. The first-order valence-electron chi connectivity index (χ1n) is 13.1. The third kappa shape index (κ3) is 7.53. The van der Waals surface area contributed by atoms with E-state index in [1.165, 1.54) is 18.5 Å². The van der Waals surface area contributed by atoms with Crippen molar-refractivity contribution in [1.82, 2.24) is 15.2 Å². The Morgan fingerprint density at radius 2 is 1.69 bits per heavy atom. The number of alkyl halides is 3. The summed E-state index contributed by atoms with van der Waals surface area (Å²) in [4.78, 5) is 46.3. The molecule has 0 radical (unpaired) electrons. The van der Waals surface area contributed by atoms with E-state index in [1.807, 2.05) is 0 Å². The van der Waals surface area contributed by atoms with Gasteiger partial charge in [-0.15, -0.1) is 4.99 Å². The van der Waals surface area contributed by atoms with Crippen molar-refractivity contribution in [3.8, 4) is 11.3 Å². The Morgan fingerprint density at radius 3 is 2.26 bits per heavy atom. The number of nitrogens with two attached hydrogens (primary N) is 1. The average molecular weight is 586 g/mol. The largest absolute Gasteiger partial charge is 0.444 e. The van der Waals surface area contributed by atoms with Crippen molar-refractivity contribution in [3.05, 3.63) is 77.3 Å². The molecule has 3 N–H and O–H groups in total. The zero-order chi connectivity index (χ0) is 30.7. The smallest absolute Gasteiger partial charge is 0.437 e. The minimum Gasteiger partial charge on any atom is -0.444 e. The van der Waals surface area contributed by atoms with Crippen LogP contribution in [-0.2, 0) is 10.9 Å². The van der Waals surface area contributed by atoms with Crippen LogP contribution in [0.1, 0.15) is 71.4 Å². The van der Waals surface area contributed by atoms with E-state index in [1.54, 1.807) is 56.1 Å². The lowest BCUT2D eigenvalue weighted by molar-refractivity contribution is -0.138. The molecule has 1 fully saturated rings. The van der Waals surface area contributed by atoms with Gasteiger partial charge in [0.2, 0.25) is 5.96 Å². The highest BCUT2D eigenvalue weighted by molar-refractivity contribution is 6.07. The van der Waals surface area contributed by atoms with Gasteiger partial charge in [0.15, 0.2) is 12.2 Å². The Hall–Kier alpha value is -4.68. The van der Waals surface area contributed by atoms with Crippen molar-refractivity contribution in [2.24, 2.45) is 10.7 Å². The first-order chi connectivity index (χ1) is 19.7. The van der Waals surface area contributed by atoms with E-state index in [0.717, 1.165) is 11.6 Å². The average Bonchev–Trinajstić information content (AvgIpc) is 3.46. The van der Waals surface area contributed by atoms with E-state index in [2.05, 4.69) is 15.3 Å². The number of nitrogens with one attached hydrogen (secondary N) is 1. The van der Waals surface area contributed by atoms with Crippen molar-refractivity contribution < 1.29 is 36.7 Å². The number of ether oxygens (including phenoxy) is 1. The lowest BCUT2D eigenvalue weighted by Gasteiger charge is -2.33. The molecule has 10 nitrogen and oxygen atoms in total. The maximum absolute atomic E-state index is 14.1. The van der Waals surface area contributed by atoms with Crippen LogP contribution in [0.4, 0.5) is 18.0 Å². The van der Waals surface area contributed by atoms with Crippen molar-refractivity contribution in [1.29, 1.82) is 0 Å². The molecular weight excluding hydrogens is 555 g/mol. The van der Waals surface area contributed by atoms with Gasteiger partial charge in [0.1, 0.15) is 5.60 Å². The maximum atomic E-state index is 14.1. The number of carbonyl (C=O) groups excluding carboxylic acids is 3. The lowest BCUT2D eigenvalue weighted by Crippen LogP contribution is -2.38. The highest BCUT2D eigenvalue weighted by Crippen LogP contribution is 2.39. The fraction of sp³-hybridized carbons (Fsp3) is 0.345. The van der Waals surface area contributed by atoms with E-state index >= 15 is 0 Å². The third-order valence-electron chi connectivity index (χ3n) is 6.54. The number of oxazole rings is 1. The number of hydrogen-bond acceptors (Lipinski definition) is 6. The van der Waals surface area contributed by atoms with Gasteiger partial charge in [-0.05, 0) is 69.4 Å². The molecule has 0 aliphatic carbocycles. The number of aromatic nitrogens is 1. The zero-order valence-corrected chi connectivity index (χ0v) is 23.2. The van der Waals surface area contributed by atoms with Crippen molar-refractivity contribution >= 4 is 23.9 Å². The molecular formula is C29H30F3N5O5. The molecule has 1 saturated heterocycles. The molecule has 1 aliphatic rings. The van der Waals surface area contributed by atoms with Gasteiger partial charge >= 0.3 is 12.3 Å². The summed E-state index contributed by atoms with van der Waals surface area (Å²) in [5.74, 6) is -1.71. The van der Waals surface area contributed by atoms with Crippen LogP contribution in [-0.4, -0.2) is 52.4 Å². The van der Waals surface area contributed by atoms with Crippen molar-refractivity contribution in [2.45, 2.75) is 51.3 Å². The molecule has 42 heavy (non-hydrogen) atoms. The number of nitrogens with zero attached hydrogens (tertiary/aromatic N) is 3. The van der Waals surface area contributed by atoms with Gasteiger partial charge in [0, 0.05) is 29.8 Å². The van der Waals surface area contributed by atoms with E-state index in [0.29, 0.717) is 24.2 Å². The van der Waals surface area contributed by atoms with Crippen LogP contribution in [0.25, 0.3) is 11.3 Å². The van der Waals surface area contributed by atoms with Crippen LogP contribution >= 0.6 is 0 Å². The van der Waals surface area contributed by atoms with Crippen LogP contribution in [0, 0.1) is 0 Å². The summed E-state index contributed by atoms with van der Waals surface area (Å²) in [5, 5.41) is 2.10. The third-order valence-corrected chi connectivity index (χ3v) is 6.54. The minimum atomic E-state index is -4.74. The second-order valence-corrected chi connectivity index (χ2v) is 10.7. The lowest BCUT2D eigenvalue weighted by atomic mass is 9.85.